The summed E-state index contributed by atoms with van der Waals surface area (Å²) in [5.41, 5.74) is 6.16. The van der Waals surface area contributed by atoms with Crippen LogP contribution in [-0.4, -0.2) is 12.6 Å². The molecule has 0 fully saturated rings. The van der Waals surface area contributed by atoms with Crippen LogP contribution in [0, 0.1) is 0 Å². The van der Waals surface area contributed by atoms with Crippen molar-refractivity contribution in [3.63, 3.8) is 0 Å². The van der Waals surface area contributed by atoms with Gasteiger partial charge in [0.1, 0.15) is 0 Å². The maximum absolute atomic E-state index is 11.4. The van der Waals surface area contributed by atoms with Gasteiger partial charge in [-0.3, -0.25) is 0 Å². The number of hydrogen-bond acceptors (Lipinski definition) is 3. The average molecular weight is 279 g/mol. The summed E-state index contributed by atoms with van der Waals surface area (Å²) in [6, 6.07) is 3.21. The van der Waals surface area contributed by atoms with Crippen molar-refractivity contribution in [1.82, 2.24) is 0 Å². The Morgan fingerprint density at radius 3 is 2.86 bits per heavy atom. The van der Waals surface area contributed by atoms with E-state index in [1.807, 2.05) is 0 Å². The van der Waals surface area contributed by atoms with Gasteiger partial charge in [0, 0.05) is 4.47 Å². The first-order chi connectivity index (χ1) is 6.56. The molecule has 0 amide bonds. The van der Waals surface area contributed by atoms with Gasteiger partial charge in [-0.25, -0.2) is 4.79 Å². The molecule has 2 N–H and O–H groups in total. The van der Waals surface area contributed by atoms with Gasteiger partial charge in [-0.2, -0.15) is 0 Å². The number of carbonyl (C=O) groups excluding carboxylic acids is 1. The zero-order chi connectivity index (χ0) is 10.7. The van der Waals surface area contributed by atoms with Crippen LogP contribution in [-0.2, 0) is 4.74 Å². The topological polar surface area (TPSA) is 52.3 Å². The van der Waals surface area contributed by atoms with Crippen LogP contribution in [0.4, 0.5) is 5.69 Å². The number of halogens is 2. The fourth-order valence-corrected chi connectivity index (χ4v) is 1.77. The molecule has 0 aromatic heterocycles. The van der Waals surface area contributed by atoms with Crippen molar-refractivity contribution in [1.29, 1.82) is 0 Å². The van der Waals surface area contributed by atoms with E-state index in [0.29, 0.717) is 16.1 Å². The first kappa shape index (κ1) is 11.3. The van der Waals surface area contributed by atoms with Crippen LogP contribution in [0.1, 0.15) is 17.3 Å². The molecule has 0 atom stereocenters. The second-order valence-electron chi connectivity index (χ2n) is 2.57. The Kier molecular flexibility index (Phi) is 3.77. The standard InChI is InChI=1S/C9H9BrClNO2/c1-2-14-9(13)6-3-5(10)4-7(11)8(6)12/h3-4H,2,12H2,1H3. The summed E-state index contributed by atoms with van der Waals surface area (Å²) in [6.45, 7) is 2.04. The number of anilines is 1. The number of hydrogen-bond donors (Lipinski definition) is 1. The Morgan fingerprint density at radius 1 is 1.64 bits per heavy atom. The Labute approximate surface area is 95.3 Å². The summed E-state index contributed by atoms with van der Waals surface area (Å²) in [5.74, 6) is -0.465. The lowest BCUT2D eigenvalue weighted by molar-refractivity contribution is 0.0527. The van der Waals surface area contributed by atoms with Gasteiger partial charge < -0.3 is 10.5 Å². The summed E-state index contributed by atoms with van der Waals surface area (Å²) in [4.78, 5) is 11.4. The maximum atomic E-state index is 11.4. The molecular formula is C9H9BrClNO2. The molecule has 1 aromatic carbocycles. The predicted octanol–water partition coefficient (Wildman–Crippen LogP) is 2.86. The minimum atomic E-state index is -0.465. The number of benzene rings is 1. The Morgan fingerprint density at radius 2 is 2.29 bits per heavy atom. The van der Waals surface area contributed by atoms with E-state index in [2.05, 4.69) is 15.9 Å². The van der Waals surface area contributed by atoms with Gasteiger partial charge in [-0.15, -0.1) is 0 Å². The summed E-state index contributed by atoms with van der Waals surface area (Å²) >= 11 is 9.02. The van der Waals surface area contributed by atoms with Gasteiger partial charge in [0.05, 0.1) is 22.9 Å². The van der Waals surface area contributed by atoms with E-state index < -0.39 is 5.97 Å². The normalized spacial score (nSPS) is 9.93. The third-order valence-electron chi connectivity index (χ3n) is 1.59. The molecule has 0 aliphatic heterocycles. The molecule has 76 valence electrons. The molecule has 14 heavy (non-hydrogen) atoms. The zero-order valence-electron chi connectivity index (χ0n) is 7.51. The van der Waals surface area contributed by atoms with Crippen molar-refractivity contribution in [3.8, 4) is 0 Å². The van der Waals surface area contributed by atoms with Crippen LogP contribution in [0.3, 0.4) is 0 Å². The van der Waals surface area contributed by atoms with E-state index >= 15 is 0 Å². The summed E-state index contributed by atoms with van der Waals surface area (Å²) in [7, 11) is 0. The Balaban J connectivity index is 3.13. The van der Waals surface area contributed by atoms with E-state index in [-0.39, 0.29) is 11.3 Å². The third kappa shape index (κ3) is 2.39. The highest BCUT2D eigenvalue weighted by Gasteiger charge is 2.13. The van der Waals surface area contributed by atoms with Crippen LogP contribution in [0.25, 0.3) is 0 Å². The van der Waals surface area contributed by atoms with Gasteiger partial charge in [-0.1, -0.05) is 27.5 Å². The molecule has 0 heterocycles. The number of nitrogens with two attached hydrogens (primary N) is 1. The van der Waals surface area contributed by atoms with Gasteiger partial charge >= 0.3 is 5.97 Å². The molecule has 0 radical (unpaired) electrons. The lowest BCUT2D eigenvalue weighted by atomic mass is 10.2. The summed E-state index contributed by atoms with van der Waals surface area (Å²) in [6.07, 6.45) is 0. The van der Waals surface area contributed by atoms with E-state index in [1.54, 1.807) is 19.1 Å². The van der Waals surface area contributed by atoms with Gasteiger partial charge in [0.15, 0.2) is 0 Å². The third-order valence-corrected chi connectivity index (χ3v) is 2.36. The van der Waals surface area contributed by atoms with Gasteiger partial charge in [0.25, 0.3) is 0 Å². The van der Waals surface area contributed by atoms with E-state index in [1.165, 1.54) is 0 Å². The van der Waals surface area contributed by atoms with E-state index in [4.69, 9.17) is 22.1 Å². The van der Waals surface area contributed by atoms with Crippen molar-refractivity contribution in [2.24, 2.45) is 0 Å². The van der Waals surface area contributed by atoms with Crippen LogP contribution in [0.2, 0.25) is 5.02 Å². The molecular weight excluding hydrogens is 269 g/mol. The smallest absolute Gasteiger partial charge is 0.340 e. The van der Waals surface area contributed by atoms with E-state index in [9.17, 15) is 4.79 Å². The lowest BCUT2D eigenvalue weighted by Gasteiger charge is -2.07. The second-order valence-corrected chi connectivity index (χ2v) is 3.89. The average Bonchev–Trinajstić information content (AvgIpc) is 2.11. The summed E-state index contributed by atoms with van der Waals surface area (Å²) < 4.78 is 5.51. The quantitative estimate of drug-likeness (QED) is 0.668. The minimum Gasteiger partial charge on any atom is -0.462 e. The van der Waals surface area contributed by atoms with Gasteiger partial charge in [0.2, 0.25) is 0 Å². The molecule has 0 saturated carbocycles. The van der Waals surface area contributed by atoms with Crippen LogP contribution in [0.15, 0.2) is 16.6 Å². The molecule has 1 aromatic rings. The van der Waals surface area contributed by atoms with Crippen molar-refractivity contribution >= 4 is 39.2 Å². The molecule has 0 spiro atoms. The first-order valence-electron chi connectivity index (χ1n) is 3.98. The molecule has 0 bridgehead atoms. The highest BCUT2D eigenvalue weighted by Crippen LogP contribution is 2.28. The number of nitrogen functional groups attached to an aromatic ring is 1. The summed E-state index contributed by atoms with van der Waals surface area (Å²) in [5, 5.41) is 0.336. The van der Waals surface area contributed by atoms with E-state index in [0.717, 1.165) is 0 Å². The fraction of sp³-hybridized carbons (Fsp3) is 0.222. The van der Waals surface area contributed by atoms with Crippen molar-refractivity contribution < 1.29 is 9.53 Å². The van der Waals surface area contributed by atoms with Crippen LogP contribution < -0.4 is 5.73 Å². The molecule has 3 nitrogen and oxygen atoms in total. The SMILES string of the molecule is CCOC(=O)c1cc(Br)cc(Cl)c1N. The largest absolute Gasteiger partial charge is 0.462 e. The van der Waals surface area contributed by atoms with Crippen LogP contribution >= 0.6 is 27.5 Å². The van der Waals surface area contributed by atoms with Crippen molar-refractivity contribution in [2.75, 3.05) is 12.3 Å². The Hall–Kier alpha value is -0.740. The molecule has 0 unspecified atom stereocenters. The predicted molar refractivity (Wildman–Crippen MR) is 59.5 cm³/mol. The monoisotopic (exact) mass is 277 g/mol. The highest BCUT2D eigenvalue weighted by atomic mass is 79.9. The maximum Gasteiger partial charge on any atom is 0.340 e. The number of carbonyl (C=O) groups is 1. The lowest BCUT2D eigenvalue weighted by Crippen LogP contribution is -2.08. The zero-order valence-corrected chi connectivity index (χ0v) is 9.85. The van der Waals surface area contributed by atoms with Crippen LogP contribution in [0.5, 0.6) is 0 Å². The number of esters is 1. The van der Waals surface area contributed by atoms with Gasteiger partial charge in [-0.05, 0) is 19.1 Å². The van der Waals surface area contributed by atoms with Crippen molar-refractivity contribution in [2.45, 2.75) is 6.92 Å². The second kappa shape index (κ2) is 4.66. The minimum absolute atomic E-state index is 0.244. The molecule has 1 rings (SSSR count). The highest BCUT2D eigenvalue weighted by molar-refractivity contribution is 9.10. The first-order valence-corrected chi connectivity index (χ1v) is 5.15. The molecule has 0 saturated heterocycles. The molecule has 0 aliphatic rings. The molecule has 0 aliphatic carbocycles. The Bertz CT molecular complexity index is 368. The van der Waals surface area contributed by atoms with Crippen molar-refractivity contribution in [3.05, 3.63) is 27.2 Å². The number of ether oxygens (including phenoxy) is 1. The fourth-order valence-electron chi connectivity index (χ4n) is 0.962. The molecule has 5 heteroatoms. The number of rotatable bonds is 2.